The van der Waals surface area contributed by atoms with Gasteiger partial charge in [0.1, 0.15) is 5.82 Å². The summed E-state index contributed by atoms with van der Waals surface area (Å²) in [6.45, 7) is 6.62. The number of nitrogens with zero attached hydrogens (tertiary/aromatic N) is 2. The molecule has 1 amide bonds. The minimum Gasteiger partial charge on any atom is -0.365 e. The number of primary amides is 1. The maximum absolute atomic E-state index is 11.4. The van der Waals surface area contributed by atoms with E-state index in [0.29, 0.717) is 17.4 Å². The molecule has 1 unspecified atom stereocenters. The first kappa shape index (κ1) is 11.9. The minimum absolute atomic E-state index is 0.395. The summed E-state index contributed by atoms with van der Waals surface area (Å²) in [5.74, 6) is 0.296. The van der Waals surface area contributed by atoms with Gasteiger partial charge in [0.25, 0.3) is 5.91 Å². The summed E-state index contributed by atoms with van der Waals surface area (Å²) in [7, 11) is 0. The van der Waals surface area contributed by atoms with E-state index in [0.717, 1.165) is 25.3 Å². The van der Waals surface area contributed by atoms with Gasteiger partial charge in [-0.05, 0) is 26.0 Å². The smallest absolute Gasteiger partial charge is 0.252 e. The number of aromatic nitrogens is 1. The van der Waals surface area contributed by atoms with Crippen LogP contribution in [0.2, 0.25) is 0 Å². The van der Waals surface area contributed by atoms with Crippen LogP contribution in [0.5, 0.6) is 0 Å². The summed E-state index contributed by atoms with van der Waals surface area (Å²) in [5.41, 5.74) is 6.79. The Bertz CT molecular complexity index is 433. The first-order valence-corrected chi connectivity index (χ1v) is 5.83. The first-order chi connectivity index (χ1) is 8.08. The van der Waals surface area contributed by atoms with Crippen LogP contribution in [0.4, 0.5) is 5.82 Å². The number of carbonyl (C=O) groups excluding carboxylic acids is 1. The van der Waals surface area contributed by atoms with E-state index < -0.39 is 5.91 Å². The van der Waals surface area contributed by atoms with Gasteiger partial charge >= 0.3 is 0 Å². The number of carbonyl (C=O) groups is 1. The standard InChI is InChI=1S/C12H18N4O/c1-8-3-4-10(11(13)17)12(15-8)16-6-5-14-9(2)7-16/h3-4,9,14H,5-7H2,1-2H3,(H2,13,17). The van der Waals surface area contributed by atoms with Crippen molar-refractivity contribution < 1.29 is 4.79 Å². The van der Waals surface area contributed by atoms with Crippen LogP contribution in [0.1, 0.15) is 23.0 Å². The molecule has 5 heteroatoms. The number of rotatable bonds is 2. The van der Waals surface area contributed by atoms with E-state index in [2.05, 4.69) is 22.1 Å². The summed E-state index contributed by atoms with van der Waals surface area (Å²) >= 11 is 0. The molecule has 0 radical (unpaired) electrons. The average Bonchev–Trinajstić information content (AvgIpc) is 2.28. The molecule has 17 heavy (non-hydrogen) atoms. The molecule has 1 aromatic rings. The van der Waals surface area contributed by atoms with Crippen LogP contribution in [0.25, 0.3) is 0 Å². The van der Waals surface area contributed by atoms with Crippen LogP contribution in [-0.4, -0.2) is 36.6 Å². The number of hydrogen-bond acceptors (Lipinski definition) is 4. The Morgan fingerprint density at radius 3 is 3.00 bits per heavy atom. The predicted molar refractivity (Wildman–Crippen MR) is 67.2 cm³/mol. The Balaban J connectivity index is 2.35. The summed E-state index contributed by atoms with van der Waals surface area (Å²) in [6, 6.07) is 3.97. The van der Waals surface area contributed by atoms with Crippen LogP contribution in [0.3, 0.4) is 0 Å². The molecule has 5 nitrogen and oxygen atoms in total. The lowest BCUT2D eigenvalue weighted by atomic mass is 10.1. The fourth-order valence-electron chi connectivity index (χ4n) is 2.10. The minimum atomic E-state index is -0.418. The Labute approximate surface area is 101 Å². The Kier molecular flexibility index (Phi) is 3.28. The summed E-state index contributed by atoms with van der Waals surface area (Å²) < 4.78 is 0. The van der Waals surface area contributed by atoms with Gasteiger partial charge in [0, 0.05) is 31.4 Å². The lowest BCUT2D eigenvalue weighted by molar-refractivity contribution is 0.100. The maximum atomic E-state index is 11.4. The molecule has 1 aromatic heterocycles. The van der Waals surface area contributed by atoms with Gasteiger partial charge in [-0.1, -0.05) is 0 Å². The lowest BCUT2D eigenvalue weighted by Crippen LogP contribution is -2.50. The summed E-state index contributed by atoms with van der Waals surface area (Å²) in [5, 5.41) is 3.36. The van der Waals surface area contributed by atoms with Gasteiger partial charge in [0.05, 0.1) is 5.56 Å². The van der Waals surface area contributed by atoms with Crippen LogP contribution in [-0.2, 0) is 0 Å². The number of anilines is 1. The van der Waals surface area contributed by atoms with E-state index in [-0.39, 0.29) is 0 Å². The zero-order chi connectivity index (χ0) is 12.4. The zero-order valence-electron chi connectivity index (χ0n) is 10.2. The Morgan fingerprint density at radius 1 is 1.59 bits per heavy atom. The first-order valence-electron chi connectivity index (χ1n) is 5.83. The largest absolute Gasteiger partial charge is 0.365 e. The quantitative estimate of drug-likeness (QED) is 0.771. The molecule has 1 aliphatic rings. The number of amides is 1. The second-order valence-electron chi connectivity index (χ2n) is 4.49. The number of hydrogen-bond donors (Lipinski definition) is 2. The maximum Gasteiger partial charge on any atom is 0.252 e. The van der Waals surface area contributed by atoms with Gasteiger partial charge in [0.15, 0.2) is 0 Å². The van der Waals surface area contributed by atoms with Crippen LogP contribution < -0.4 is 16.0 Å². The normalized spacial score (nSPS) is 20.4. The number of aryl methyl sites for hydroxylation is 1. The third kappa shape index (κ3) is 2.55. The highest BCUT2D eigenvalue weighted by molar-refractivity contribution is 5.97. The molecule has 1 saturated heterocycles. The fourth-order valence-corrected chi connectivity index (χ4v) is 2.10. The average molecular weight is 234 g/mol. The molecule has 0 saturated carbocycles. The third-order valence-corrected chi connectivity index (χ3v) is 2.95. The fraction of sp³-hybridized carbons (Fsp3) is 0.500. The molecular weight excluding hydrogens is 216 g/mol. The van der Waals surface area contributed by atoms with Crippen LogP contribution in [0, 0.1) is 6.92 Å². The van der Waals surface area contributed by atoms with Crippen molar-refractivity contribution in [1.29, 1.82) is 0 Å². The highest BCUT2D eigenvalue weighted by Gasteiger charge is 2.21. The van der Waals surface area contributed by atoms with E-state index in [4.69, 9.17) is 5.73 Å². The lowest BCUT2D eigenvalue weighted by Gasteiger charge is -2.33. The SMILES string of the molecule is Cc1ccc(C(N)=O)c(N2CCNC(C)C2)n1. The van der Waals surface area contributed by atoms with Crippen LogP contribution >= 0.6 is 0 Å². The van der Waals surface area contributed by atoms with Crippen molar-refractivity contribution in [2.45, 2.75) is 19.9 Å². The predicted octanol–water partition coefficient (Wildman–Crippen LogP) is 0.287. The topological polar surface area (TPSA) is 71.2 Å². The van der Waals surface area contributed by atoms with E-state index in [1.54, 1.807) is 6.07 Å². The van der Waals surface area contributed by atoms with Crippen molar-refractivity contribution in [1.82, 2.24) is 10.3 Å². The molecule has 0 spiro atoms. The molecular formula is C12H18N4O. The van der Waals surface area contributed by atoms with Gasteiger partial charge < -0.3 is 16.0 Å². The molecule has 0 aliphatic carbocycles. The van der Waals surface area contributed by atoms with Crippen molar-refractivity contribution >= 4 is 11.7 Å². The second kappa shape index (κ2) is 4.71. The molecule has 0 bridgehead atoms. The van der Waals surface area contributed by atoms with Crippen molar-refractivity contribution in [3.05, 3.63) is 23.4 Å². The number of piperazine rings is 1. The highest BCUT2D eigenvalue weighted by Crippen LogP contribution is 2.19. The molecule has 2 rings (SSSR count). The van der Waals surface area contributed by atoms with Gasteiger partial charge in [0.2, 0.25) is 0 Å². The number of pyridine rings is 1. The van der Waals surface area contributed by atoms with Crippen molar-refractivity contribution in [3.63, 3.8) is 0 Å². The molecule has 3 N–H and O–H groups in total. The van der Waals surface area contributed by atoms with Gasteiger partial charge in [-0.25, -0.2) is 4.98 Å². The van der Waals surface area contributed by atoms with Crippen molar-refractivity contribution in [2.75, 3.05) is 24.5 Å². The van der Waals surface area contributed by atoms with Gasteiger partial charge in [-0.3, -0.25) is 4.79 Å². The Morgan fingerprint density at radius 2 is 2.35 bits per heavy atom. The molecule has 2 heterocycles. The Hall–Kier alpha value is -1.62. The van der Waals surface area contributed by atoms with E-state index >= 15 is 0 Å². The van der Waals surface area contributed by atoms with Crippen LogP contribution in [0.15, 0.2) is 12.1 Å². The van der Waals surface area contributed by atoms with E-state index in [1.807, 2.05) is 13.0 Å². The molecule has 1 atom stereocenters. The number of nitrogens with one attached hydrogen (secondary N) is 1. The van der Waals surface area contributed by atoms with E-state index in [1.165, 1.54) is 0 Å². The summed E-state index contributed by atoms with van der Waals surface area (Å²) in [4.78, 5) is 18.0. The second-order valence-corrected chi connectivity index (χ2v) is 4.49. The molecule has 0 aromatic carbocycles. The third-order valence-electron chi connectivity index (χ3n) is 2.95. The molecule has 1 aliphatic heterocycles. The highest BCUT2D eigenvalue weighted by atomic mass is 16.1. The number of nitrogens with two attached hydrogens (primary N) is 1. The molecule has 92 valence electrons. The summed E-state index contributed by atoms with van der Waals surface area (Å²) in [6.07, 6.45) is 0. The van der Waals surface area contributed by atoms with Crippen molar-refractivity contribution in [2.24, 2.45) is 5.73 Å². The van der Waals surface area contributed by atoms with Crippen molar-refractivity contribution in [3.8, 4) is 0 Å². The zero-order valence-corrected chi connectivity index (χ0v) is 10.2. The van der Waals surface area contributed by atoms with Gasteiger partial charge in [-0.2, -0.15) is 0 Å². The van der Waals surface area contributed by atoms with Gasteiger partial charge in [-0.15, -0.1) is 0 Å². The van der Waals surface area contributed by atoms with E-state index in [9.17, 15) is 4.79 Å². The monoisotopic (exact) mass is 234 g/mol. The molecule has 1 fully saturated rings.